The van der Waals surface area contributed by atoms with Crippen LogP contribution in [0.1, 0.15) is 46.6 Å². The second-order valence-corrected chi connectivity index (χ2v) is 7.30. The van der Waals surface area contributed by atoms with Crippen molar-refractivity contribution >= 4 is 28.9 Å². The lowest BCUT2D eigenvalue weighted by Gasteiger charge is -2.05. The molecule has 1 aliphatic rings. The van der Waals surface area contributed by atoms with E-state index in [1.807, 2.05) is 12.1 Å². The summed E-state index contributed by atoms with van der Waals surface area (Å²) < 4.78 is 2.19. The van der Waals surface area contributed by atoms with E-state index >= 15 is 0 Å². The van der Waals surface area contributed by atoms with Crippen LogP contribution in [0.15, 0.2) is 17.3 Å². The third-order valence-electron chi connectivity index (χ3n) is 3.69. The summed E-state index contributed by atoms with van der Waals surface area (Å²) >= 11 is 3.12. The Morgan fingerprint density at radius 2 is 2.24 bits per heavy atom. The smallest absolute Gasteiger partial charge is 0.191 e. The Labute approximate surface area is 133 Å². The van der Waals surface area contributed by atoms with Gasteiger partial charge < -0.3 is 4.57 Å². The lowest BCUT2D eigenvalue weighted by atomic mass is 10.2. The van der Waals surface area contributed by atoms with E-state index in [4.69, 9.17) is 0 Å². The van der Waals surface area contributed by atoms with Gasteiger partial charge in [-0.15, -0.1) is 21.5 Å². The van der Waals surface area contributed by atoms with Crippen LogP contribution in [-0.2, 0) is 19.4 Å². The molecule has 6 heteroatoms. The van der Waals surface area contributed by atoms with E-state index in [2.05, 4.69) is 21.7 Å². The summed E-state index contributed by atoms with van der Waals surface area (Å²) in [6, 6.07) is 3.99. The molecule has 3 heterocycles. The molecule has 0 unspecified atom stereocenters. The van der Waals surface area contributed by atoms with Gasteiger partial charge in [0.25, 0.3) is 0 Å². The molecule has 1 aliphatic heterocycles. The number of hydrogen-bond acceptors (Lipinski definition) is 5. The molecule has 2 aromatic rings. The van der Waals surface area contributed by atoms with Crippen molar-refractivity contribution in [1.82, 2.24) is 14.8 Å². The first-order chi connectivity index (χ1) is 10.3. The molecule has 0 bridgehead atoms. The Hall–Kier alpha value is -1.14. The van der Waals surface area contributed by atoms with Gasteiger partial charge in [-0.1, -0.05) is 25.1 Å². The van der Waals surface area contributed by atoms with E-state index in [1.54, 1.807) is 11.3 Å². The maximum atomic E-state index is 12.2. The SMILES string of the molecule is CCc1ccc(C(=O)CSc2nnc3n2CCCCC3)s1. The quantitative estimate of drug-likeness (QED) is 0.623. The fourth-order valence-corrected chi connectivity index (χ4v) is 4.33. The molecule has 0 saturated heterocycles. The molecule has 0 amide bonds. The predicted octanol–water partition coefficient (Wildman–Crippen LogP) is 3.60. The third-order valence-corrected chi connectivity index (χ3v) is 5.93. The molecule has 0 atom stereocenters. The minimum atomic E-state index is 0.190. The molecule has 0 saturated carbocycles. The summed E-state index contributed by atoms with van der Waals surface area (Å²) in [6.07, 6.45) is 5.62. The molecular weight excluding hydrogens is 302 g/mol. The number of carbonyl (C=O) groups is 1. The molecule has 3 rings (SSSR count). The first kappa shape index (κ1) is 14.8. The van der Waals surface area contributed by atoms with E-state index in [0.717, 1.165) is 35.2 Å². The molecule has 2 aromatic heterocycles. The van der Waals surface area contributed by atoms with Crippen LogP contribution in [0.5, 0.6) is 0 Å². The summed E-state index contributed by atoms with van der Waals surface area (Å²) in [6.45, 7) is 3.10. The molecule has 0 fully saturated rings. The zero-order chi connectivity index (χ0) is 14.7. The van der Waals surface area contributed by atoms with Crippen LogP contribution in [0, 0.1) is 0 Å². The minimum absolute atomic E-state index is 0.190. The van der Waals surface area contributed by atoms with Crippen molar-refractivity contribution in [1.29, 1.82) is 0 Å². The Balaban J connectivity index is 1.65. The number of aryl methyl sites for hydroxylation is 2. The van der Waals surface area contributed by atoms with Crippen LogP contribution in [0.4, 0.5) is 0 Å². The summed E-state index contributed by atoms with van der Waals surface area (Å²) in [5.41, 5.74) is 0. The topological polar surface area (TPSA) is 47.8 Å². The van der Waals surface area contributed by atoms with Crippen molar-refractivity contribution < 1.29 is 4.79 Å². The first-order valence-corrected chi connectivity index (χ1v) is 9.25. The number of thioether (sulfide) groups is 1. The lowest BCUT2D eigenvalue weighted by Crippen LogP contribution is -2.05. The maximum absolute atomic E-state index is 12.2. The summed E-state index contributed by atoms with van der Waals surface area (Å²) in [7, 11) is 0. The summed E-state index contributed by atoms with van der Waals surface area (Å²) in [4.78, 5) is 14.4. The average molecular weight is 321 g/mol. The Bertz CT molecular complexity index is 633. The monoisotopic (exact) mass is 321 g/mol. The average Bonchev–Trinajstić information content (AvgIpc) is 3.06. The van der Waals surface area contributed by atoms with E-state index in [9.17, 15) is 4.79 Å². The number of fused-ring (bicyclic) bond motifs is 1. The Morgan fingerprint density at radius 1 is 1.33 bits per heavy atom. The highest BCUT2D eigenvalue weighted by molar-refractivity contribution is 7.99. The summed E-state index contributed by atoms with van der Waals surface area (Å²) in [5.74, 6) is 1.71. The molecule has 0 aromatic carbocycles. The molecule has 112 valence electrons. The molecule has 21 heavy (non-hydrogen) atoms. The van der Waals surface area contributed by atoms with Gasteiger partial charge in [-0.2, -0.15) is 0 Å². The molecule has 0 N–H and O–H groups in total. The van der Waals surface area contributed by atoms with Crippen LogP contribution in [0.2, 0.25) is 0 Å². The van der Waals surface area contributed by atoms with Gasteiger partial charge in [-0.3, -0.25) is 4.79 Å². The highest BCUT2D eigenvalue weighted by Gasteiger charge is 2.17. The minimum Gasteiger partial charge on any atom is -0.306 e. The first-order valence-electron chi connectivity index (χ1n) is 7.44. The van der Waals surface area contributed by atoms with Gasteiger partial charge >= 0.3 is 0 Å². The van der Waals surface area contributed by atoms with Gasteiger partial charge in [-0.25, -0.2) is 0 Å². The molecule has 4 nitrogen and oxygen atoms in total. The van der Waals surface area contributed by atoms with Gasteiger partial charge in [0.1, 0.15) is 5.82 Å². The van der Waals surface area contributed by atoms with Crippen molar-refractivity contribution in [3.8, 4) is 0 Å². The number of hydrogen-bond donors (Lipinski definition) is 0. The van der Waals surface area contributed by atoms with Gasteiger partial charge in [0.05, 0.1) is 10.6 Å². The molecule has 0 radical (unpaired) electrons. The highest BCUT2D eigenvalue weighted by Crippen LogP contribution is 2.24. The third kappa shape index (κ3) is 3.37. The highest BCUT2D eigenvalue weighted by atomic mass is 32.2. The fraction of sp³-hybridized carbons (Fsp3) is 0.533. The van der Waals surface area contributed by atoms with Crippen molar-refractivity contribution in [2.24, 2.45) is 0 Å². The number of aromatic nitrogens is 3. The second-order valence-electron chi connectivity index (χ2n) is 5.19. The standard InChI is InChI=1S/C15H19N3OS2/c1-2-11-7-8-13(21-11)12(19)10-20-15-17-16-14-6-4-3-5-9-18(14)15/h7-8H,2-6,9-10H2,1H3. The number of nitrogens with zero attached hydrogens (tertiary/aromatic N) is 3. The second kappa shape index (κ2) is 6.75. The van der Waals surface area contributed by atoms with E-state index < -0.39 is 0 Å². The Kier molecular flexibility index (Phi) is 4.75. The zero-order valence-electron chi connectivity index (χ0n) is 12.2. The zero-order valence-corrected chi connectivity index (χ0v) is 13.8. The maximum Gasteiger partial charge on any atom is 0.191 e. The molecule has 0 spiro atoms. The lowest BCUT2D eigenvalue weighted by molar-refractivity contribution is 0.102. The van der Waals surface area contributed by atoms with Crippen LogP contribution >= 0.6 is 23.1 Å². The number of Topliss-reactive ketones (excluding diaryl/α,β-unsaturated/α-hetero) is 1. The fourth-order valence-electron chi connectivity index (χ4n) is 2.48. The Morgan fingerprint density at radius 3 is 3.05 bits per heavy atom. The van der Waals surface area contributed by atoms with Crippen molar-refractivity contribution in [3.05, 3.63) is 27.7 Å². The van der Waals surface area contributed by atoms with Crippen LogP contribution in [0.3, 0.4) is 0 Å². The number of ketones is 1. The van der Waals surface area contributed by atoms with Crippen LogP contribution in [-0.4, -0.2) is 26.3 Å². The van der Waals surface area contributed by atoms with Gasteiger partial charge in [-0.05, 0) is 31.4 Å². The van der Waals surface area contributed by atoms with Crippen molar-refractivity contribution in [2.75, 3.05) is 5.75 Å². The molecular formula is C15H19N3OS2. The van der Waals surface area contributed by atoms with E-state index in [0.29, 0.717) is 5.75 Å². The largest absolute Gasteiger partial charge is 0.306 e. The number of rotatable bonds is 5. The van der Waals surface area contributed by atoms with E-state index in [1.165, 1.54) is 35.9 Å². The normalized spacial score (nSPS) is 14.7. The van der Waals surface area contributed by atoms with Crippen molar-refractivity contribution in [2.45, 2.75) is 50.7 Å². The number of carbonyl (C=O) groups excluding carboxylic acids is 1. The number of thiophene rings is 1. The van der Waals surface area contributed by atoms with E-state index in [-0.39, 0.29) is 5.78 Å². The van der Waals surface area contributed by atoms with Gasteiger partial charge in [0, 0.05) is 17.8 Å². The molecule has 0 aliphatic carbocycles. The van der Waals surface area contributed by atoms with Crippen LogP contribution in [0.25, 0.3) is 0 Å². The van der Waals surface area contributed by atoms with Gasteiger partial charge in [0.2, 0.25) is 0 Å². The van der Waals surface area contributed by atoms with Gasteiger partial charge in [0.15, 0.2) is 10.9 Å². The summed E-state index contributed by atoms with van der Waals surface area (Å²) in [5, 5.41) is 9.42. The predicted molar refractivity (Wildman–Crippen MR) is 86.3 cm³/mol. The van der Waals surface area contributed by atoms with Crippen LogP contribution < -0.4 is 0 Å². The van der Waals surface area contributed by atoms with Crippen molar-refractivity contribution in [3.63, 3.8) is 0 Å².